The van der Waals surface area contributed by atoms with Crippen LogP contribution in [0.2, 0.25) is 0 Å². The molecule has 27 heavy (non-hydrogen) atoms. The van der Waals surface area contributed by atoms with Crippen molar-refractivity contribution in [2.24, 2.45) is 11.8 Å². The Labute approximate surface area is 183 Å². The largest absolute Gasteiger partial charge is 0.0683 e. The van der Waals surface area contributed by atoms with Gasteiger partial charge in [0.25, 0.3) is 0 Å². The second kappa shape index (κ2) is 22.0. The van der Waals surface area contributed by atoms with E-state index < -0.39 is 0 Å². The van der Waals surface area contributed by atoms with Gasteiger partial charge in [-0.1, -0.05) is 125 Å². The van der Waals surface area contributed by atoms with Crippen molar-refractivity contribution in [3.8, 4) is 0 Å². The molecule has 0 nitrogen and oxygen atoms in total. The first-order chi connectivity index (χ1) is 12.7. The van der Waals surface area contributed by atoms with Gasteiger partial charge in [-0.05, 0) is 42.2 Å². The zero-order valence-corrected chi connectivity index (χ0v) is 21.2. The van der Waals surface area contributed by atoms with Crippen LogP contribution >= 0.6 is 0 Å². The molecule has 0 spiro atoms. The van der Waals surface area contributed by atoms with Gasteiger partial charge in [-0.15, -0.1) is 0 Å². The Kier molecular flexibility index (Phi) is 25.7. The van der Waals surface area contributed by atoms with Crippen molar-refractivity contribution < 1.29 is 17.1 Å². The smallest absolute Gasteiger partial charge is 0 e. The van der Waals surface area contributed by atoms with Crippen molar-refractivity contribution in [3.05, 3.63) is 35.4 Å². The second-order valence-corrected chi connectivity index (χ2v) is 6.99. The Bertz CT molecular complexity index is 387. The molecule has 3 atom stereocenters. The Balaban J connectivity index is -0.000000403. The Hall–Kier alpha value is -0.261. The van der Waals surface area contributed by atoms with Crippen LogP contribution in [0.4, 0.5) is 0 Å². The van der Waals surface area contributed by atoms with Gasteiger partial charge in [-0.25, -0.2) is 0 Å². The van der Waals surface area contributed by atoms with E-state index in [1.807, 2.05) is 41.5 Å². The molecule has 2 aliphatic rings. The predicted molar refractivity (Wildman–Crippen MR) is 123 cm³/mol. The molecule has 1 aromatic rings. The van der Waals surface area contributed by atoms with E-state index in [0.29, 0.717) is 0 Å². The minimum absolute atomic E-state index is 0. The van der Waals surface area contributed by atoms with E-state index in [1.165, 1.54) is 56.9 Å². The summed E-state index contributed by atoms with van der Waals surface area (Å²) in [6, 6.07) is 8.87. The van der Waals surface area contributed by atoms with E-state index in [2.05, 4.69) is 45.0 Å². The molecule has 0 amide bonds. The van der Waals surface area contributed by atoms with Crippen LogP contribution in [0.1, 0.15) is 124 Å². The van der Waals surface area contributed by atoms with Crippen molar-refractivity contribution in [1.82, 2.24) is 0 Å². The molecule has 0 heterocycles. The minimum atomic E-state index is 0. The molecule has 2 fully saturated rings. The van der Waals surface area contributed by atoms with Gasteiger partial charge in [0.2, 0.25) is 0 Å². The third-order valence-electron chi connectivity index (χ3n) is 5.50. The van der Waals surface area contributed by atoms with Gasteiger partial charge in [0.05, 0.1) is 0 Å². The predicted octanol–water partition coefficient (Wildman–Crippen LogP) is 9.56. The Morgan fingerprint density at radius 2 is 1.19 bits per heavy atom. The van der Waals surface area contributed by atoms with Gasteiger partial charge in [-0.2, -0.15) is 0 Å². The van der Waals surface area contributed by atoms with Crippen LogP contribution in [0, 0.1) is 18.8 Å². The zero-order valence-electron chi connectivity index (χ0n) is 20.1. The summed E-state index contributed by atoms with van der Waals surface area (Å²) in [5.74, 6) is 2.56. The molecule has 0 radical (unpaired) electrons. The first-order valence-electron chi connectivity index (χ1n) is 11.8. The first-order valence-corrected chi connectivity index (χ1v) is 11.8. The van der Waals surface area contributed by atoms with Crippen LogP contribution in [0.3, 0.4) is 0 Å². The Morgan fingerprint density at radius 1 is 0.741 bits per heavy atom. The first kappa shape index (κ1) is 31.4. The quantitative estimate of drug-likeness (QED) is 0.419. The SMILES string of the molecule is C1CCCC1.CC.CC.CC.Cc1ccccc1[C@@H](C)C1CCCC1C.[Fe]. The third-order valence-corrected chi connectivity index (χ3v) is 5.50. The van der Waals surface area contributed by atoms with Crippen molar-refractivity contribution in [3.63, 3.8) is 0 Å². The summed E-state index contributed by atoms with van der Waals surface area (Å²) in [5, 5.41) is 0. The molecule has 2 saturated carbocycles. The van der Waals surface area contributed by atoms with Gasteiger partial charge in [0.1, 0.15) is 0 Å². The van der Waals surface area contributed by atoms with Crippen LogP contribution < -0.4 is 0 Å². The number of aryl methyl sites for hydroxylation is 1. The fraction of sp³-hybridized carbons (Fsp3) is 0.769. The summed E-state index contributed by atoms with van der Waals surface area (Å²) in [6.07, 6.45) is 11.8. The van der Waals surface area contributed by atoms with E-state index in [-0.39, 0.29) is 17.1 Å². The molecule has 0 aromatic heterocycles. The second-order valence-electron chi connectivity index (χ2n) is 6.99. The number of hydrogen-bond donors (Lipinski definition) is 0. The summed E-state index contributed by atoms with van der Waals surface area (Å²) in [5.41, 5.74) is 3.03. The molecule has 162 valence electrons. The molecular formula is C26H50Fe. The van der Waals surface area contributed by atoms with E-state index in [4.69, 9.17) is 0 Å². The Morgan fingerprint density at radius 3 is 1.56 bits per heavy atom. The van der Waals surface area contributed by atoms with E-state index >= 15 is 0 Å². The van der Waals surface area contributed by atoms with Crippen molar-refractivity contribution in [1.29, 1.82) is 0 Å². The van der Waals surface area contributed by atoms with Crippen LogP contribution in [0.15, 0.2) is 24.3 Å². The van der Waals surface area contributed by atoms with Gasteiger partial charge in [0.15, 0.2) is 0 Å². The van der Waals surface area contributed by atoms with Crippen LogP contribution in [0.5, 0.6) is 0 Å². The van der Waals surface area contributed by atoms with Crippen molar-refractivity contribution in [2.45, 2.75) is 120 Å². The van der Waals surface area contributed by atoms with Crippen molar-refractivity contribution in [2.75, 3.05) is 0 Å². The van der Waals surface area contributed by atoms with Gasteiger partial charge >= 0.3 is 0 Å². The molecule has 2 aliphatic carbocycles. The molecule has 0 N–H and O–H groups in total. The van der Waals surface area contributed by atoms with Gasteiger partial charge in [-0.3, -0.25) is 0 Å². The molecule has 0 saturated heterocycles. The molecule has 3 rings (SSSR count). The molecule has 2 unspecified atom stereocenters. The summed E-state index contributed by atoms with van der Waals surface area (Å²) in [4.78, 5) is 0. The maximum Gasteiger partial charge on any atom is 0 e. The average molecular weight is 419 g/mol. The summed E-state index contributed by atoms with van der Waals surface area (Å²) in [6.45, 7) is 19.1. The maximum absolute atomic E-state index is 2.42. The number of hydrogen-bond acceptors (Lipinski definition) is 0. The molecule has 1 heteroatoms. The normalized spacial score (nSPS) is 20.6. The fourth-order valence-corrected chi connectivity index (χ4v) is 4.13. The topological polar surface area (TPSA) is 0 Å². The number of rotatable bonds is 2. The summed E-state index contributed by atoms with van der Waals surface area (Å²) < 4.78 is 0. The number of benzene rings is 1. The summed E-state index contributed by atoms with van der Waals surface area (Å²) >= 11 is 0. The third kappa shape index (κ3) is 12.7. The van der Waals surface area contributed by atoms with Gasteiger partial charge < -0.3 is 0 Å². The fourth-order valence-electron chi connectivity index (χ4n) is 4.13. The molecule has 0 aliphatic heterocycles. The molecule has 0 bridgehead atoms. The van der Waals surface area contributed by atoms with Crippen molar-refractivity contribution >= 4 is 0 Å². The van der Waals surface area contributed by atoms with Crippen LogP contribution in [-0.4, -0.2) is 0 Å². The van der Waals surface area contributed by atoms with Crippen LogP contribution in [-0.2, 0) is 17.1 Å². The van der Waals surface area contributed by atoms with E-state index in [9.17, 15) is 0 Å². The monoisotopic (exact) mass is 418 g/mol. The van der Waals surface area contributed by atoms with Gasteiger partial charge in [0, 0.05) is 17.1 Å². The zero-order chi connectivity index (χ0) is 20.4. The maximum atomic E-state index is 2.42. The minimum Gasteiger partial charge on any atom is -0.0683 e. The van der Waals surface area contributed by atoms with E-state index in [0.717, 1.165) is 17.8 Å². The standard InChI is InChI=1S/C15H22.C5H10.3C2H6.Fe/c1-11-7-4-5-9-14(11)13(3)15-10-6-8-12(15)2;1-2-4-5-3-1;3*1-2;/h4-5,7,9,12-13,15H,6,8,10H2,1-3H3;1-5H2;3*1-2H3;/t12?,13-,15?;;;;;/m1...../s1. The van der Waals surface area contributed by atoms with Crippen LogP contribution in [0.25, 0.3) is 0 Å². The molecule has 1 aromatic carbocycles. The average Bonchev–Trinajstić information content (AvgIpc) is 3.41. The molecular weight excluding hydrogens is 368 g/mol. The summed E-state index contributed by atoms with van der Waals surface area (Å²) in [7, 11) is 0. The van der Waals surface area contributed by atoms with E-state index in [1.54, 1.807) is 5.56 Å².